The van der Waals surface area contributed by atoms with E-state index >= 15 is 0 Å². The van der Waals surface area contributed by atoms with E-state index in [4.69, 9.17) is 0 Å². The molecule has 21 heavy (non-hydrogen) atoms. The third-order valence-corrected chi connectivity index (χ3v) is 3.34. The molecule has 0 saturated carbocycles. The SMILES string of the molecule is Cc1cc(C)c(NC(=O)c2ccccc2C)c(C(=O)O)c1. The monoisotopic (exact) mass is 283 g/mol. The van der Waals surface area contributed by atoms with E-state index in [1.807, 2.05) is 32.0 Å². The van der Waals surface area contributed by atoms with Crippen molar-refractivity contribution in [2.45, 2.75) is 20.8 Å². The Bertz CT molecular complexity index is 720. The molecule has 0 aliphatic carbocycles. The molecule has 0 saturated heterocycles. The highest BCUT2D eigenvalue weighted by Crippen LogP contribution is 2.24. The lowest BCUT2D eigenvalue weighted by molar-refractivity contribution is 0.0698. The van der Waals surface area contributed by atoms with Gasteiger partial charge in [0.1, 0.15) is 0 Å². The van der Waals surface area contributed by atoms with Crippen molar-refractivity contribution in [3.63, 3.8) is 0 Å². The van der Waals surface area contributed by atoms with Gasteiger partial charge in [0.25, 0.3) is 5.91 Å². The van der Waals surface area contributed by atoms with E-state index in [0.717, 1.165) is 16.7 Å². The number of carboxylic acid groups (broad SMARTS) is 1. The normalized spacial score (nSPS) is 10.2. The Morgan fingerprint density at radius 1 is 0.952 bits per heavy atom. The second-order valence-electron chi connectivity index (χ2n) is 5.08. The fourth-order valence-electron chi connectivity index (χ4n) is 2.31. The van der Waals surface area contributed by atoms with Crippen LogP contribution >= 0.6 is 0 Å². The van der Waals surface area contributed by atoms with Crippen molar-refractivity contribution in [2.75, 3.05) is 5.32 Å². The molecule has 0 heterocycles. The maximum absolute atomic E-state index is 12.3. The lowest BCUT2D eigenvalue weighted by Crippen LogP contribution is -2.17. The summed E-state index contributed by atoms with van der Waals surface area (Å²) in [5, 5.41) is 12.0. The molecule has 4 heteroatoms. The highest BCUT2D eigenvalue weighted by Gasteiger charge is 2.17. The van der Waals surface area contributed by atoms with Gasteiger partial charge in [-0.25, -0.2) is 4.79 Å². The molecule has 1 amide bonds. The Kier molecular flexibility index (Phi) is 4.08. The first-order chi connectivity index (χ1) is 9.90. The number of carboxylic acids is 1. The highest BCUT2D eigenvalue weighted by molar-refractivity contribution is 6.09. The summed E-state index contributed by atoms with van der Waals surface area (Å²) in [5.41, 5.74) is 3.41. The topological polar surface area (TPSA) is 66.4 Å². The van der Waals surface area contributed by atoms with Gasteiger partial charge in [0.05, 0.1) is 11.3 Å². The fourth-order valence-corrected chi connectivity index (χ4v) is 2.31. The zero-order valence-corrected chi connectivity index (χ0v) is 12.2. The van der Waals surface area contributed by atoms with Gasteiger partial charge < -0.3 is 10.4 Å². The van der Waals surface area contributed by atoms with Crippen LogP contribution in [-0.4, -0.2) is 17.0 Å². The molecule has 0 aliphatic heterocycles. The Hall–Kier alpha value is -2.62. The summed E-state index contributed by atoms with van der Waals surface area (Å²) in [6.07, 6.45) is 0. The molecule has 0 bridgehead atoms. The van der Waals surface area contributed by atoms with Crippen LogP contribution in [0.4, 0.5) is 5.69 Å². The van der Waals surface area contributed by atoms with Crippen LogP contribution in [0.3, 0.4) is 0 Å². The van der Waals surface area contributed by atoms with Crippen molar-refractivity contribution in [3.05, 3.63) is 64.2 Å². The van der Waals surface area contributed by atoms with E-state index in [1.54, 1.807) is 25.1 Å². The standard InChI is InChI=1S/C17H17NO3/c1-10-8-12(3)15(14(9-10)17(20)21)18-16(19)13-7-5-4-6-11(13)2/h4-9H,1-3H3,(H,18,19)(H,20,21). The minimum absolute atomic E-state index is 0.106. The van der Waals surface area contributed by atoms with Gasteiger partial charge in [-0.2, -0.15) is 0 Å². The van der Waals surface area contributed by atoms with E-state index in [1.165, 1.54) is 0 Å². The second kappa shape index (κ2) is 5.79. The predicted octanol–water partition coefficient (Wildman–Crippen LogP) is 3.56. The summed E-state index contributed by atoms with van der Waals surface area (Å²) < 4.78 is 0. The van der Waals surface area contributed by atoms with Crippen LogP contribution in [0.2, 0.25) is 0 Å². The largest absolute Gasteiger partial charge is 0.478 e. The molecule has 2 rings (SSSR count). The van der Waals surface area contributed by atoms with E-state index in [0.29, 0.717) is 11.3 Å². The average Bonchev–Trinajstić information content (AvgIpc) is 2.41. The Morgan fingerprint density at radius 3 is 2.24 bits per heavy atom. The number of aromatic carboxylic acids is 1. The lowest BCUT2D eigenvalue weighted by Gasteiger charge is -2.13. The van der Waals surface area contributed by atoms with Gasteiger partial charge in [-0.1, -0.05) is 24.3 Å². The molecule has 2 N–H and O–H groups in total. The molecule has 0 radical (unpaired) electrons. The summed E-state index contributed by atoms with van der Waals surface area (Å²) in [7, 11) is 0. The molecule has 2 aromatic carbocycles. The zero-order valence-electron chi connectivity index (χ0n) is 12.2. The number of carbonyl (C=O) groups excluding carboxylic acids is 1. The van der Waals surface area contributed by atoms with Crippen molar-refractivity contribution in [1.29, 1.82) is 0 Å². The number of nitrogens with one attached hydrogen (secondary N) is 1. The van der Waals surface area contributed by atoms with Gasteiger partial charge in [-0.05, 0) is 49.6 Å². The van der Waals surface area contributed by atoms with Crippen molar-refractivity contribution in [2.24, 2.45) is 0 Å². The molecule has 0 fully saturated rings. The summed E-state index contributed by atoms with van der Waals surface area (Å²) in [5.74, 6) is -1.36. The predicted molar refractivity (Wildman–Crippen MR) is 82.0 cm³/mol. The minimum atomic E-state index is -1.05. The molecule has 4 nitrogen and oxygen atoms in total. The second-order valence-corrected chi connectivity index (χ2v) is 5.08. The molecular weight excluding hydrogens is 266 g/mol. The van der Waals surface area contributed by atoms with Crippen molar-refractivity contribution in [3.8, 4) is 0 Å². The van der Waals surface area contributed by atoms with Gasteiger partial charge in [0.2, 0.25) is 0 Å². The molecular formula is C17H17NO3. The van der Waals surface area contributed by atoms with Gasteiger partial charge in [0.15, 0.2) is 0 Å². The number of rotatable bonds is 3. The smallest absolute Gasteiger partial charge is 0.337 e. The highest BCUT2D eigenvalue weighted by atomic mass is 16.4. The number of amides is 1. The molecule has 2 aromatic rings. The first-order valence-corrected chi connectivity index (χ1v) is 6.61. The summed E-state index contributed by atoms with van der Waals surface area (Å²) >= 11 is 0. The summed E-state index contributed by atoms with van der Waals surface area (Å²) in [6.45, 7) is 5.45. The van der Waals surface area contributed by atoms with E-state index in [2.05, 4.69) is 5.32 Å². The number of aryl methyl sites for hydroxylation is 3. The number of hydrogen-bond acceptors (Lipinski definition) is 2. The maximum atomic E-state index is 12.3. The average molecular weight is 283 g/mol. The van der Waals surface area contributed by atoms with Crippen LogP contribution in [0.5, 0.6) is 0 Å². The molecule has 108 valence electrons. The van der Waals surface area contributed by atoms with Crippen LogP contribution in [0, 0.1) is 20.8 Å². The molecule has 0 atom stereocenters. The Labute approximate surface area is 123 Å². The van der Waals surface area contributed by atoms with Crippen molar-refractivity contribution < 1.29 is 14.7 Å². The number of benzene rings is 2. The van der Waals surface area contributed by atoms with Crippen LogP contribution in [0.1, 0.15) is 37.4 Å². The molecule has 0 aromatic heterocycles. The third-order valence-electron chi connectivity index (χ3n) is 3.34. The van der Waals surface area contributed by atoms with E-state index < -0.39 is 5.97 Å². The van der Waals surface area contributed by atoms with Gasteiger partial charge in [-0.3, -0.25) is 4.79 Å². The Balaban J connectivity index is 2.42. The summed E-state index contributed by atoms with van der Waals surface area (Å²) in [4.78, 5) is 23.7. The molecule has 0 unspecified atom stereocenters. The van der Waals surface area contributed by atoms with Crippen molar-refractivity contribution >= 4 is 17.6 Å². The van der Waals surface area contributed by atoms with Crippen LogP contribution < -0.4 is 5.32 Å². The first-order valence-electron chi connectivity index (χ1n) is 6.61. The van der Waals surface area contributed by atoms with E-state index in [9.17, 15) is 14.7 Å². The number of carbonyl (C=O) groups is 2. The van der Waals surface area contributed by atoms with Crippen molar-refractivity contribution in [1.82, 2.24) is 0 Å². The van der Waals surface area contributed by atoms with E-state index in [-0.39, 0.29) is 11.5 Å². The van der Waals surface area contributed by atoms with Gasteiger partial charge in [-0.15, -0.1) is 0 Å². The zero-order chi connectivity index (χ0) is 15.6. The van der Waals surface area contributed by atoms with Crippen LogP contribution in [0.25, 0.3) is 0 Å². The van der Waals surface area contributed by atoms with Gasteiger partial charge >= 0.3 is 5.97 Å². The molecule has 0 spiro atoms. The maximum Gasteiger partial charge on any atom is 0.337 e. The quantitative estimate of drug-likeness (QED) is 0.905. The minimum Gasteiger partial charge on any atom is -0.478 e. The molecule has 0 aliphatic rings. The number of hydrogen-bond donors (Lipinski definition) is 2. The van der Waals surface area contributed by atoms with Crippen LogP contribution in [-0.2, 0) is 0 Å². The number of anilines is 1. The van der Waals surface area contributed by atoms with Crippen LogP contribution in [0.15, 0.2) is 36.4 Å². The Morgan fingerprint density at radius 2 is 1.62 bits per heavy atom. The third kappa shape index (κ3) is 3.11. The lowest BCUT2D eigenvalue weighted by atomic mass is 10.0. The fraction of sp³-hybridized carbons (Fsp3) is 0.176. The van der Waals surface area contributed by atoms with Gasteiger partial charge in [0, 0.05) is 5.56 Å². The summed E-state index contributed by atoms with van der Waals surface area (Å²) in [6, 6.07) is 10.6. The first kappa shape index (κ1) is 14.8.